The highest BCUT2D eigenvalue weighted by Crippen LogP contribution is 2.29. The zero-order chi connectivity index (χ0) is 20.5. The number of carbonyl (C=O) groups excluding carboxylic acids is 2. The van der Waals surface area contributed by atoms with E-state index in [0.29, 0.717) is 5.69 Å². The lowest BCUT2D eigenvalue weighted by Crippen LogP contribution is -2.28. The minimum atomic E-state index is -1.65. The molecule has 0 aliphatic carbocycles. The normalized spacial score (nSPS) is 19.1. The van der Waals surface area contributed by atoms with Crippen LogP contribution in [-0.2, 0) is 9.59 Å². The molecule has 1 N–H and O–H groups in total. The second-order valence-corrected chi connectivity index (χ2v) is 7.33. The maximum absolute atomic E-state index is 13.8. The summed E-state index contributed by atoms with van der Waals surface area (Å²) >= 11 is 0. The molecule has 0 spiro atoms. The van der Waals surface area contributed by atoms with Gasteiger partial charge in [0, 0.05) is 37.4 Å². The van der Waals surface area contributed by atoms with Gasteiger partial charge in [0.15, 0.2) is 17.5 Å². The van der Waals surface area contributed by atoms with Crippen LogP contribution in [-0.4, -0.2) is 31.4 Å². The zero-order valence-electron chi connectivity index (χ0n) is 15.6. The number of benzene rings is 2. The molecule has 2 amide bonds. The fraction of sp³-hybridized carbons (Fsp3) is 0.333. The highest BCUT2D eigenvalue weighted by atomic mass is 19.2. The molecule has 2 fully saturated rings. The average Bonchev–Trinajstić information content (AvgIpc) is 3.38. The molecule has 2 aliphatic rings. The molecule has 1 unspecified atom stereocenters. The van der Waals surface area contributed by atoms with Gasteiger partial charge in [-0.05, 0) is 49.2 Å². The average molecular weight is 403 g/mol. The molecule has 5 nitrogen and oxygen atoms in total. The predicted molar refractivity (Wildman–Crippen MR) is 103 cm³/mol. The Morgan fingerprint density at radius 1 is 0.931 bits per heavy atom. The predicted octanol–water partition coefficient (Wildman–Crippen LogP) is 3.70. The Bertz CT molecular complexity index is 943. The van der Waals surface area contributed by atoms with Crippen molar-refractivity contribution in [3.05, 3.63) is 53.8 Å². The molecule has 0 aromatic heterocycles. The number of amides is 2. The van der Waals surface area contributed by atoms with E-state index in [9.17, 15) is 22.8 Å². The Morgan fingerprint density at radius 3 is 2.28 bits per heavy atom. The molecule has 29 heavy (non-hydrogen) atoms. The SMILES string of the molecule is O=C(Nc1ccc(F)c(F)c1F)C1CC(=O)N(c2ccc(N3CCCC3)cc2)C1. The molecular formula is C21H20F3N3O2. The Kier molecular flexibility index (Phi) is 5.17. The van der Waals surface area contributed by atoms with E-state index in [-0.39, 0.29) is 18.9 Å². The third-order valence-electron chi connectivity index (χ3n) is 5.42. The second-order valence-electron chi connectivity index (χ2n) is 7.33. The van der Waals surface area contributed by atoms with Crippen LogP contribution in [0.4, 0.5) is 30.2 Å². The minimum absolute atomic E-state index is 0.0367. The van der Waals surface area contributed by atoms with Gasteiger partial charge in [-0.3, -0.25) is 9.59 Å². The highest BCUT2D eigenvalue weighted by Gasteiger charge is 2.35. The van der Waals surface area contributed by atoms with Crippen molar-refractivity contribution in [1.29, 1.82) is 0 Å². The van der Waals surface area contributed by atoms with Gasteiger partial charge in [-0.15, -0.1) is 0 Å². The monoisotopic (exact) mass is 403 g/mol. The molecule has 0 saturated carbocycles. The molecule has 0 bridgehead atoms. The molecule has 2 aromatic carbocycles. The summed E-state index contributed by atoms with van der Waals surface area (Å²) in [4.78, 5) is 28.6. The van der Waals surface area contributed by atoms with Crippen molar-refractivity contribution in [2.45, 2.75) is 19.3 Å². The molecule has 2 aliphatic heterocycles. The third kappa shape index (κ3) is 3.79. The minimum Gasteiger partial charge on any atom is -0.372 e. The molecule has 152 valence electrons. The summed E-state index contributed by atoms with van der Waals surface area (Å²) in [5.41, 5.74) is 1.34. The fourth-order valence-corrected chi connectivity index (χ4v) is 3.81. The van der Waals surface area contributed by atoms with Gasteiger partial charge in [0.2, 0.25) is 11.8 Å². The summed E-state index contributed by atoms with van der Waals surface area (Å²) in [7, 11) is 0. The standard InChI is InChI=1S/C21H20F3N3O2/c22-16-7-8-17(20(24)19(16)23)25-21(29)13-11-18(28)27(12-13)15-5-3-14(4-6-15)26-9-1-2-10-26/h3-8,13H,1-2,9-12H2,(H,25,29). The molecule has 8 heteroatoms. The van der Waals surface area contributed by atoms with Gasteiger partial charge in [0.05, 0.1) is 11.6 Å². The van der Waals surface area contributed by atoms with Crippen LogP contribution in [0.25, 0.3) is 0 Å². The van der Waals surface area contributed by atoms with E-state index in [0.717, 1.165) is 30.9 Å². The molecule has 1 atom stereocenters. The third-order valence-corrected chi connectivity index (χ3v) is 5.42. The first kappa shape index (κ1) is 19.3. The fourth-order valence-electron chi connectivity index (χ4n) is 3.81. The van der Waals surface area contributed by atoms with Crippen LogP contribution < -0.4 is 15.1 Å². The summed E-state index contributed by atoms with van der Waals surface area (Å²) in [6.45, 7) is 2.18. The second kappa shape index (κ2) is 7.77. The number of hydrogen-bond acceptors (Lipinski definition) is 3. The van der Waals surface area contributed by atoms with E-state index in [2.05, 4.69) is 10.2 Å². The summed E-state index contributed by atoms with van der Waals surface area (Å²) in [5.74, 6) is -5.99. The summed E-state index contributed by atoms with van der Waals surface area (Å²) in [6.07, 6.45) is 2.30. The lowest BCUT2D eigenvalue weighted by Gasteiger charge is -2.20. The molecule has 0 radical (unpaired) electrons. The smallest absolute Gasteiger partial charge is 0.229 e. The quantitative estimate of drug-likeness (QED) is 0.793. The molecule has 2 heterocycles. The lowest BCUT2D eigenvalue weighted by molar-refractivity contribution is -0.122. The number of rotatable bonds is 4. The molecular weight excluding hydrogens is 383 g/mol. The first-order valence-electron chi connectivity index (χ1n) is 9.54. The summed E-state index contributed by atoms with van der Waals surface area (Å²) in [6, 6.07) is 9.30. The zero-order valence-corrected chi connectivity index (χ0v) is 15.6. The van der Waals surface area contributed by atoms with Gasteiger partial charge in [-0.25, -0.2) is 13.2 Å². The van der Waals surface area contributed by atoms with Gasteiger partial charge >= 0.3 is 0 Å². The van der Waals surface area contributed by atoms with Crippen LogP contribution in [0.2, 0.25) is 0 Å². The van der Waals surface area contributed by atoms with Crippen molar-refractivity contribution >= 4 is 28.9 Å². The van der Waals surface area contributed by atoms with Crippen molar-refractivity contribution in [2.75, 3.05) is 34.8 Å². The van der Waals surface area contributed by atoms with Gasteiger partial charge in [0.1, 0.15) is 0 Å². The highest BCUT2D eigenvalue weighted by molar-refractivity contribution is 6.03. The number of nitrogens with zero attached hydrogens (tertiary/aromatic N) is 2. The Morgan fingerprint density at radius 2 is 1.59 bits per heavy atom. The number of hydrogen-bond donors (Lipinski definition) is 1. The molecule has 2 aromatic rings. The number of nitrogens with one attached hydrogen (secondary N) is 1. The Labute approximate surface area is 166 Å². The Balaban J connectivity index is 1.43. The van der Waals surface area contributed by atoms with Gasteiger partial charge < -0.3 is 15.1 Å². The Hall–Kier alpha value is -3.03. The van der Waals surface area contributed by atoms with Crippen LogP contribution in [0.15, 0.2) is 36.4 Å². The van der Waals surface area contributed by atoms with Gasteiger partial charge in [0.25, 0.3) is 0 Å². The number of carbonyl (C=O) groups is 2. The maximum atomic E-state index is 13.8. The van der Waals surface area contributed by atoms with Crippen LogP contribution in [0.1, 0.15) is 19.3 Å². The van der Waals surface area contributed by atoms with Crippen LogP contribution in [0, 0.1) is 23.4 Å². The van der Waals surface area contributed by atoms with Crippen molar-refractivity contribution in [2.24, 2.45) is 5.92 Å². The molecule has 4 rings (SSSR count). The largest absolute Gasteiger partial charge is 0.372 e. The van der Waals surface area contributed by atoms with Gasteiger partial charge in [-0.1, -0.05) is 0 Å². The van der Waals surface area contributed by atoms with E-state index in [4.69, 9.17) is 0 Å². The maximum Gasteiger partial charge on any atom is 0.229 e. The van der Waals surface area contributed by atoms with Crippen LogP contribution in [0.5, 0.6) is 0 Å². The van der Waals surface area contributed by atoms with Crippen LogP contribution >= 0.6 is 0 Å². The van der Waals surface area contributed by atoms with Crippen molar-refractivity contribution < 1.29 is 22.8 Å². The summed E-state index contributed by atoms with van der Waals surface area (Å²) in [5, 5.41) is 2.25. The van der Waals surface area contributed by atoms with Crippen molar-refractivity contribution in [3.8, 4) is 0 Å². The van der Waals surface area contributed by atoms with E-state index in [1.165, 1.54) is 17.7 Å². The summed E-state index contributed by atoms with van der Waals surface area (Å²) < 4.78 is 40.2. The lowest BCUT2D eigenvalue weighted by atomic mass is 10.1. The first-order chi connectivity index (χ1) is 13.9. The van der Waals surface area contributed by atoms with E-state index in [1.54, 1.807) is 0 Å². The molecule has 2 saturated heterocycles. The van der Waals surface area contributed by atoms with Crippen LogP contribution in [0.3, 0.4) is 0 Å². The van der Waals surface area contributed by atoms with E-state index < -0.39 is 35.0 Å². The van der Waals surface area contributed by atoms with Gasteiger partial charge in [-0.2, -0.15) is 0 Å². The van der Waals surface area contributed by atoms with Crippen molar-refractivity contribution in [3.63, 3.8) is 0 Å². The van der Waals surface area contributed by atoms with E-state index >= 15 is 0 Å². The number of halogens is 3. The first-order valence-corrected chi connectivity index (χ1v) is 9.54. The van der Waals surface area contributed by atoms with Crippen molar-refractivity contribution in [1.82, 2.24) is 0 Å². The topological polar surface area (TPSA) is 52.7 Å². The van der Waals surface area contributed by atoms with E-state index in [1.807, 2.05) is 24.3 Å². The number of anilines is 3.